The number of thiophene rings is 1. The predicted molar refractivity (Wildman–Crippen MR) is 79.9 cm³/mol. The summed E-state index contributed by atoms with van der Waals surface area (Å²) >= 11 is 7.39. The Balaban J connectivity index is 1.45. The normalized spacial score (nSPS) is 21.6. The molecule has 2 fully saturated rings. The van der Waals surface area contributed by atoms with E-state index >= 15 is 0 Å². The smallest absolute Gasteiger partial charge is 0.236 e. The van der Waals surface area contributed by atoms with Crippen molar-refractivity contribution in [3.05, 3.63) is 21.3 Å². The average Bonchev–Trinajstić information content (AvgIpc) is 3.12. The van der Waals surface area contributed by atoms with Crippen molar-refractivity contribution in [2.24, 2.45) is 5.92 Å². The maximum atomic E-state index is 12.1. The van der Waals surface area contributed by atoms with Gasteiger partial charge in [-0.25, -0.2) is 0 Å². The van der Waals surface area contributed by atoms with Gasteiger partial charge in [0.25, 0.3) is 0 Å². The summed E-state index contributed by atoms with van der Waals surface area (Å²) in [7, 11) is 1.81. The van der Waals surface area contributed by atoms with Crippen molar-refractivity contribution in [1.29, 1.82) is 0 Å². The van der Waals surface area contributed by atoms with E-state index in [2.05, 4.69) is 0 Å². The number of aliphatic hydroxyl groups is 1. The molecule has 1 saturated carbocycles. The predicted octanol–water partition coefficient (Wildman–Crippen LogP) is 1.82. The van der Waals surface area contributed by atoms with Gasteiger partial charge in [0, 0.05) is 25.0 Å². The largest absolute Gasteiger partial charge is 0.387 e. The third kappa shape index (κ3) is 3.01. The number of halogens is 1. The summed E-state index contributed by atoms with van der Waals surface area (Å²) in [5.41, 5.74) is -0.514. The van der Waals surface area contributed by atoms with Crippen LogP contribution in [0.1, 0.15) is 17.7 Å². The number of hydrogen-bond donors (Lipinski definition) is 1. The molecule has 0 unspecified atom stereocenters. The van der Waals surface area contributed by atoms with Crippen LogP contribution in [0, 0.1) is 5.92 Å². The van der Waals surface area contributed by atoms with E-state index in [1.165, 1.54) is 11.3 Å². The molecule has 0 radical (unpaired) electrons. The summed E-state index contributed by atoms with van der Waals surface area (Å²) in [5.74, 6) is 0.562. The number of amides is 1. The molecule has 4 nitrogen and oxygen atoms in total. The monoisotopic (exact) mass is 314 g/mol. The summed E-state index contributed by atoms with van der Waals surface area (Å²) in [6.45, 7) is 2.27. The van der Waals surface area contributed by atoms with Crippen molar-refractivity contribution < 1.29 is 9.90 Å². The van der Waals surface area contributed by atoms with Crippen molar-refractivity contribution in [2.75, 3.05) is 26.7 Å². The first-order chi connectivity index (χ1) is 9.46. The number of rotatable bonds is 5. The molecule has 6 heteroatoms. The van der Waals surface area contributed by atoms with Crippen LogP contribution in [-0.4, -0.2) is 53.1 Å². The fraction of sp³-hybridized carbons (Fsp3) is 0.643. The van der Waals surface area contributed by atoms with Crippen LogP contribution in [0.2, 0.25) is 4.34 Å². The number of likely N-dealkylation sites (N-methyl/N-ethyl adjacent to an activating group) is 1. The summed E-state index contributed by atoms with van der Waals surface area (Å²) in [6.07, 6.45) is 2.27. The highest BCUT2D eigenvalue weighted by atomic mass is 35.5. The minimum absolute atomic E-state index is 0.0902. The molecule has 1 amide bonds. The topological polar surface area (TPSA) is 43.8 Å². The summed E-state index contributed by atoms with van der Waals surface area (Å²) in [4.78, 5) is 17.0. The number of likely N-dealkylation sites (tertiary alicyclic amines) is 1. The van der Waals surface area contributed by atoms with Crippen LogP contribution < -0.4 is 0 Å². The zero-order valence-corrected chi connectivity index (χ0v) is 13.1. The molecule has 2 aliphatic rings. The average molecular weight is 315 g/mol. The second-order valence-electron chi connectivity index (χ2n) is 5.98. The standard InChI is InChI=1S/C14H19ClN2O2S/c1-16(6-11-4-5-12(15)20-11)13(18)7-17-8-14(19,9-17)10-2-3-10/h4-5,10,19H,2-3,6-9H2,1H3. The highest BCUT2D eigenvalue weighted by Crippen LogP contribution is 2.44. The molecule has 1 aromatic heterocycles. The van der Waals surface area contributed by atoms with Crippen molar-refractivity contribution in [3.8, 4) is 0 Å². The van der Waals surface area contributed by atoms with Gasteiger partial charge >= 0.3 is 0 Å². The minimum Gasteiger partial charge on any atom is -0.387 e. The van der Waals surface area contributed by atoms with Crippen molar-refractivity contribution in [3.63, 3.8) is 0 Å². The maximum Gasteiger partial charge on any atom is 0.236 e. The molecule has 1 saturated heterocycles. The molecule has 0 spiro atoms. The van der Waals surface area contributed by atoms with Crippen LogP contribution in [0.5, 0.6) is 0 Å². The van der Waals surface area contributed by atoms with Crippen LogP contribution in [0.3, 0.4) is 0 Å². The lowest BCUT2D eigenvalue weighted by molar-refractivity contribution is -0.144. The molecule has 20 heavy (non-hydrogen) atoms. The lowest BCUT2D eigenvalue weighted by atomic mass is 9.89. The third-order valence-corrected chi connectivity index (χ3v) is 5.35. The van der Waals surface area contributed by atoms with Crippen molar-refractivity contribution in [1.82, 2.24) is 9.80 Å². The first kappa shape index (κ1) is 14.3. The molecule has 110 valence electrons. The molecule has 3 rings (SSSR count). The van der Waals surface area contributed by atoms with Gasteiger partial charge in [0.05, 0.1) is 23.0 Å². The van der Waals surface area contributed by atoms with E-state index in [1.807, 2.05) is 24.1 Å². The zero-order chi connectivity index (χ0) is 14.3. The van der Waals surface area contributed by atoms with E-state index in [9.17, 15) is 9.90 Å². The van der Waals surface area contributed by atoms with Crippen molar-refractivity contribution in [2.45, 2.75) is 25.0 Å². The van der Waals surface area contributed by atoms with E-state index in [4.69, 9.17) is 11.6 Å². The van der Waals surface area contributed by atoms with E-state index in [0.29, 0.717) is 32.1 Å². The van der Waals surface area contributed by atoms with Crippen LogP contribution in [0.25, 0.3) is 0 Å². The van der Waals surface area contributed by atoms with E-state index in [0.717, 1.165) is 22.1 Å². The zero-order valence-electron chi connectivity index (χ0n) is 11.5. The Hall–Kier alpha value is -0.620. The molecule has 0 bridgehead atoms. The molecular formula is C14H19ClN2O2S. The molecule has 1 aliphatic heterocycles. The molecule has 0 aromatic carbocycles. The van der Waals surface area contributed by atoms with Crippen LogP contribution in [0.4, 0.5) is 0 Å². The fourth-order valence-electron chi connectivity index (χ4n) is 2.79. The number of β-amino-alcohol motifs (C(OH)–C–C–N with tert-alkyl or cyclic N) is 1. The quantitative estimate of drug-likeness (QED) is 0.901. The molecular weight excluding hydrogens is 296 g/mol. The second-order valence-corrected chi connectivity index (χ2v) is 7.78. The van der Waals surface area contributed by atoms with E-state index in [1.54, 1.807) is 4.90 Å². The molecule has 1 aliphatic carbocycles. The first-order valence-electron chi connectivity index (χ1n) is 6.89. The van der Waals surface area contributed by atoms with E-state index in [-0.39, 0.29) is 5.91 Å². The van der Waals surface area contributed by atoms with Gasteiger partial charge in [-0.3, -0.25) is 9.69 Å². The molecule has 2 heterocycles. The van der Waals surface area contributed by atoms with Gasteiger partial charge < -0.3 is 10.0 Å². The van der Waals surface area contributed by atoms with Gasteiger partial charge in [-0.05, 0) is 30.9 Å². The Morgan fingerprint density at radius 3 is 2.80 bits per heavy atom. The third-order valence-electron chi connectivity index (χ3n) is 4.14. The highest BCUT2D eigenvalue weighted by molar-refractivity contribution is 7.16. The van der Waals surface area contributed by atoms with Gasteiger partial charge in [0.1, 0.15) is 0 Å². The number of nitrogens with zero attached hydrogens (tertiary/aromatic N) is 2. The highest BCUT2D eigenvalue weighted by Gasteiger charge is 2.52. The molecule has 0 atom stereocenters. The lowest BCUT2D eigenvalue weighted by Gasteiger charge is -2.47. The summed E-state index contributed by atoms with van der Waals surface area (Å²) in [5, 5.41) is 10.2. The number of carbonyl (C=O) groups is 1. The number of carbonyl (C=O) groups excluding carboxylic acids is 1. The fourth-order valence-corrected chi connectivity index (χ4v) is 3.93. The summed E-state index contributed by atoms with van der Waals surface area (Å²) in [6, 6.07) is 3.80. The Kier molecular flexibility index (Phi) is 3.79. The minimum atomic E-state index is -0.514. The van der Waals surface area contributed by atoms with Gasteiger partial charge in [-0.2, -0.15) is 0 Å². The Bertz CT molecular complexity index is 509. The van der Waals surface area contributed by atoms with Crippen LogP contribution >= 0.6 is 22.9 Å². The van der Waals surface area contributed by atoms with E-state index < -0.39 is 5.60 Å². The van der Waals surface area contributed by atoms with Gasteiger partial charge in [-0.1, -0.05) is 11.6 Å². The molecule has 1 aromatic rings. The van der Waals surface area contributed by atoms with Gasteiger partial charge in [0.15, 0.2) is 0 Å². The SMILES string of the molecule is CN(Cc1ccc(Cl)s1)C(=O)CN1CC(O)(C2CC2)C1. The first-order valence-corrected chi connectivity index (χ1v) is 8.09. The summed E-state index contributed by atoms with van der Waals surface area (Å²) < 4.78 is 0.748. The Morgan fingerprint density at radius 2 is 2.25 bits per heavy atom. The number of hydrogen-bond acceptors (Lipinski definition) is 4. The van der Waals surface area contributed by atoms with Gasteiger partial charge in [-0.15, -0.1) is 11.3 Å². The van der Waals surface area contributed by atoms with Crippen LogP contribution in [0.15, 0.2) is 12.1 Å². The second kappa shape index (κ2) is 5.30. The molecule has 1 N–H and O–H groups in total. The van der Waals surface area contributed by atoms with Crippen LogP contribution in [-0.2, 0) is 11.3 Å². The van der Waals surface area contributed by atoms with Crippen molar-refractivity contribution >= 4 is 28.8 Å². The van der Waals surface area contributed by atoms with Gasteiger partial charge in [0.2, 0.25) is 5.91 Å². The maximum absolute atomic E-state index is 12.1. The Labute approximate surface area is 127 Å². The lowest BCUT2D eigenvalue weighted by Crippen LogP contribution is -2.64. The Morgan fingerprint density at radius 1 is 1.55 bits per heavy atom.